The Bertz CT molecular complexity index is 360. The summed E-state index contributed by atoms with van der Waals surface area (Å²) in [6.07, 6.45) is 1.81. The highest BCUT2D eigenvalue weighted by Gasteiger charge is 2.25. The fourth-order valence-corrected chi connectivity index (χ4v) is 2.13. The van der Waals surface area contributed by atoms with E-state index in [1.54, 1.807) is 17.5 Å². The number of nitrogens with one attached hydrogen (secondary N) is 2. The standard InChI is InChI=1S/C11H19N3OS/c1-5-14-11(3,4)10(15)13-7-9-6-12-8(2)16-9/h6,14H,5,7H2,1-4H3,(H,13,15). The number of rotatable bonds is 5. The Hall–Kier alpha value is -0.940. The van der Waals surface area contributed by atoms with E-state index in [4.69, 9.17) is 0 Å². The highest BCUT2D eigenvalue weighted by molar-refractivity contribution is 7.11. The van der Waals surface area contributed by atoms with E-state index in [1.807, 2.05) is 27.7 Å². The maximum atomic E-state index is 11.8. The summed E-state index contributed by atoms with van der Waals surface area (Å²) in [5, 5.41) is 7.07. The summed E-state index contributed by atoms with van der Waals surface area (Å²) >= 11 is 1.61. The Morgan fingerprint density at radius 2 is 2.25 bits per heavy atom. The lowest BCUT2D eigenvalue weighted by Crippen LogP contribution is -2.52. The summed E-state index contributed by atoms with van der Waals surface area (Å²) in [5.41, 5.74) is -0.519. The van der Waals surface area contributed by atoms with Crippen LogP contribution in [0.5, 0.6) is 0 Å². The van der Waals surface area contributed by atoms with E-state index < -0.39 is 5.54 Å². The number of thiazole rings is 1. The largest absolute Gasteiger partial charge is 0.350 e. The highest BCUT2D eigenvalue weighted by atomic mass is 32.1. The van der Waals surface area contributed by atoms with Gasteiger partial charge in [-0.3, -0.25) is 4.79 Å². The monoisotopic (exact) mass is 241 g/mol. The van der Waals surface area contributed by atoms with E-state index in [-0.39, 0.29) is 5.91 Å². The predicted molar refractivity (Wildman–Crippen MR) is 66.5 cm³/mol. The van der Waals surface area contributed by atoms with Crippen molar-refractivity contribution in [2.24, 2.45) is 0 Å². The van der Waals surface area contributed by atoms with E-state index >= 15 is 0 Å². The molecule has 0 saturated carbocycles. The van der Waals surface area contributed by atoms with Crippen molar-refractivity contribution in [3.63, 3.8) is 0 Å². The number of hydrogen-bond donors (Lipinski definition) is 2. The van der Waals surface area contributed by atoms with Crippen molar-refractivity contribution >= 4 is 17.2 Å². The molecule has 0 unspecified atom stereocenters. The first-order valence-corrected chi connectivity index (χ1v) is 6.22. The average molecular weight is 241 g/mol. The maximum Gasteiger partial charge on any atom is 0.240 e. The van der Waals surface area contributed by atoms with Crippen molar-refractivity contribution < 1.29 is 4.79 Å². The van der Waals surface area contributed by atoms with Crippen LogP contribution in [0.2, 0.25) is 0 Å². The molecule has 0 radical (unpaired) electrons. The van der Waals surface area contributed by atoms with Gasteiger partial charge in [0, 0.05) is 11.1 Å². The molecular weight excluding hydrogens is 222 g/mol. The van der Waals surface area contributed by atoms with Crippen LogP contribution in [0.25, 0.3) is 0 Å². The second kappa shape index (κ2) is 5.41. The predicted octanol–water partition coefficient (Wildman–Crippen LogP) is 1.46. The molecule has 0 aliphatic carbocycles. The third kappa shape index (κ3) is 3.57. The molecule has 16 heavy (non-hydrogen) atoms. The molecule has 0 atom stereocenters. The SMILES string of the molecule is CCNC(C)(C)C(=O)NCc1cnc(C)s1. The molecule has 0 aliphatic rings. The van der Waals surface area contributed by atoms with Gasteiger partial charge in [0.05, 0.1) is 17.1 Å². The first kappa shape index (κ1) is 13.1. The second-order valence-electron chi connectivity index (χ2n) is 4.18. The van der Waals surface area contributed by atoms with Crippen LogP contribution in [0, 0.1) is 6.92 Å². The van der Waals surface area contributed by atoms with Crippen molar-refractivity contribution in [3.05, 3.63) is 16.1 Å². The van der Waals surface area contributed by atoms with E-state index in [0.29, 0.717) is 6.54 Å². The summed E-state index contributed by atoms with van der Waals surface area (Å²) in [7, 11) is 0. The van der Waals surface area contributed by atoms with E-state index in [0.717, 1.165) is 16.4 Å². The first-order valence-electron chi connectivity index (χ1n) is 5.40. The van der Waals surface area contributed by atoms with Gasteiger partial charge in [-0.05, 0) is 27.3 Å². The summed E-state index contributed by atoms with van der Waals surface area (Å²) < 4.78 is 0. The van der Waals surface area contributed by atoms with Crippen molar-refractivity contribution in [3.8, 4) is 0 Å². The van der Waals surface area contributed by atoms with Crippen LogP contribution in [0.1, 0.15) is 30.7 Å². The third-order valence-corrected chi connectivity index (χ3v) is 3.19. The van der Waals surface area contributed by atoms with Gasteiger partial charge in [0.15, 0.2) is 0 Å². The number of aromatic nitrogens is 1. The Kier molecular flexibility index (Phi) is 4.44. The third-order valence-electron chi connectivity index (χ3n) is 2.28. The smallest absolute Gasteiger partial charge is 0.240 e. The molecule has 1 amide bonds. The summed E-state index contributed by atoms with van der Waals surface area (Å²) in [4.78, 5) is 17.1. The fraction of sp³-hybridized carbons (Fsp3) is 0.636. The lowest BCUT2D eigenvalue weighted by atomic mass is 10.0. The lowest BCUT2D eigenvalue weighted by molar-refractivity contribution is -0.126. The van der Waals surface area contributed by atoms with Crippen molar-refractivity contribution in [2.75, 3.05) is 6.54 Å². The van der Waals surface area contributed by atoms with Gasteiger partial charge in [-0.15, -0.1) is 11.3 Å². The van der Waals surface area contributed by atoms with Gasteiger partial charge in [0.1, 0.15) is 0 Å². The van der Waals surface area contributed by atoms with E-state index in [9.17, 15) is 4.79 Å². The molecule has 4 nitrogen and oxygen atoms in total. The number of hydrogen-bond acceptors (Lipinski definition) is 4. The minimum Gasteiger partial charge on any atom is -0.350 e. The Morgan fingerprint density at radius 3 is 2.75 bits per heavy atom. The average Bonchev–Trinajstić information content (AvgIpc) is 2.60. The maximum absolute atomic E-state index is 11.8. The zero-order chi connectivity index (χ0) is 12.2. The van der Waals surface area contributed by atoms with Crippen molar-refractivity contribution in [1.29, 1.82) is 0 Å². The zero-order valence-electron chi connectivity index (χ0n) is 10.3. The van der Waals surface area contributed by atoms with Gasteiger partial charge in [0.2, 0.25) is 5.91 Å². The number of carbonyl (C=O) groups is 1. The Labute approximate surface area is 100 Å². The van der Waals surface area contributed by atoms with Gasteiger partial charge < -0.3 is 10.6 Å². The zero-order valence-corrected chi connectivity index (χ0v) is 11.1. The van der Waals surface area contributed by atoms with Crippen LogP contribution in [0.4, 0.5) is 0 Å². The minimum absolute atomic E-state index is 0.0143. The Morgan fingerprint density at radius 1 is 1.56 bits per heavy atom. The fourth-order valence-electron chi connectivity index (χ4n) is 1.40. The number of nitrogens with zero attached hydrogens (tertiary/aromatic N) is 1. The second-order valence-corrected chi connectivity index (χ2v) is 5.50. The molecule has 5 heteroatoms. The lowest BCUT2D eigenvalue weighted by Gasteiger charge is -2.24. The molecule has 0 fully saturated rings. The quantitative estimate of drug-likeness (QED) is 0.820. The molecule has 0 saturated heterocycles. The van der Waals surface area contributed by atoms with Crippen LogP contribution in [0.15, 0.2) is 6.20 Å². The molecule has 0 aromatic carbocycles. The molecule has 0 aliphatic heterocycles. The molecule has 1 aromatic heterocycles. The number of aryl methyl sites for hydroxylation is 1. The van der Waals surface area contributed by atoms with Gasteiger partial charge in [-0.2, -0.15) is 0 Å². The van der Waals surface area contributed by atoms with Gasteiger partial charge in [-0.25, -0.2) is 4.98 Å². The number of likely N-dealkylation sites (N-methyl/N-ethyl adjacent to an activating group) is 1. The summed E-state index contributed by atoms with van der Waals surface area (Å²) in [5.74, 6) is 0.0143. The molecule has 1 aromatic rings. The summed E-state index contributed by atoms with van der Waals surface area (Å²) in [6.45, 7) is 9.03. The first-order chi connectivity index (χ1) is 7.45. The van der Waals surface area contributed by atoms with Crippen LogP contribution < -0.4 is 10.6 Å². The number of carbonyl (C=O) groups excluding carboxylic acids is 1. The van der Waals surface area contributed by atoms with Gasteiger partial charge in [-0.1, -0.05) is 6.92 Å². The molecule has 2 N–H and O–H groups in total. The Balaban J connectivity index is 2.46. The normalized spacial score (nSPS) is 11.5. The van der Waals surface area contributed by atoms with Crippen LogP contribution in [0.3, 0.4) is 0 Å². The molecule has 1 rings (SSSR count). The highest BCUT2D eigenvalue weighted by Crippen LogP contribution is 2.11. The van der Waals surface area contributed by atoms with Crippen molar-refractivity contribution in [2.45, 2.75) is 39.8 Å². The van der Waals surface area contributed by atoms with Gasteiger partial charge in [0.25, 0.3) is 0 Å². The van der Waals surface area contributed by atoms with E-state index in [1.165, 1.54) is 0 Å². The van der Waals surface area contributed by atoms with Crippen molar-refractivity contribution in [1.82, 2.24) is 15.6 Å². The molecular formula is C11H19N3OS. The molecule has 0 spiro atoms. The topological polar surface area (TPSA) is 54.0 Å². The molecule has 0 bridgehead atoms. The molecule has 1 heterocycles. The van der Waals surface area contributed by atoms with Crippen LogP contribution >= 0.6 is 11.3 Å². The minimum atomic E-state index is -0.519. The summed E-state index contributed by atoms with van der Waals surface area (Å²) in [6, 6.07) is 0. The van der Waals surface area contributed by atoms with E-state index in [2.05, 4.69) is 15.6 Å². The molecule has 90 valence electrons. The number of amides is 1. The van der Waals surface area contributed by atoms with Crippen LogP contribution in [-0.4, -0.2) is 23.0 Å². The van der Waals surface area contributed by atoms with Crippen LogP contribution in [-0.2, 0) is 11.3 Å². The van der Waals surface area contributed by atoms with Gasteiger partial charge >= 0.3 is 0 Å².